The molecule has 0 aliphatic carbocycles. The number of nitrogens with zero attached hydrogens (tertiary/aromatic N) is 1. The predicted octanol–water partition coefficient (Wildman–Crippen LogP) is -8.46. The summed E-state index contributed by atoms with van der Waals surface area (Å²) in [5, 5.41) is 0.708. The summed E-state index contributed by atoms with van der Waals surface area (Å²) in [5.41, 5.74) is 0. The third-order valence-electron chi connectivity index (χ3n) is 0.408. The molecule has 0 bridgehead atoms. The largest absolute Gasteiger partial charge is 2.00 e. The molecule has 3 radical (unpaired) electrons. The van der Waals surface area contributed by atoms with E-state index < -0.39 is 30.6 Å². The Morgan fingerprint density at radius 1 is 0.667 bits per heavy atom. The molecule has 0 aliphatic rings. The fourth-order valence-corrected chi connectivity index (χ4v) is 0. The molecule has 0 fully saturated rings. The zero-order valence-electron chi connectivity index (χ0n) is 10.6. The van der Waals surface area contributed by atoms with Crippen molar-refractivity contribution in [3.63, 3.8) is 0 Å². The van der Waals surface area contributed by atoms with Crippen molar-refractivity contribution >= 4 is 30.6 Å². The van der Waals surface area contributed by atoms with Gasteiger partial charge in [-0.3, -0.25) is 8.42 Å². The van der Waals surface area contributed by atoms with Gasteiger partial charge >= 0.3 is 75.6 Å². The summed E-state index contributed by atoms with van der Waals surface area (Å²) in [6, 6.07) is 0. The van der Waals surface area contributed by atoms with Crippen LogP contribution in [-0.2, 0) is 47.1 Å². The van der Waals surface area contributed by atoms with Gasteiger partial charge in [-0.1, -0.05) is 13.2 Å². The van der Waals surface area contributed by atoms with Gasteiger partial charge in [0.2, 0.25) is 0 Å². The van der Waals surface area contributed by atoms with E-state index in [1.54, 1.807) is 0 Å². The van der Waals surface area contributed by atoms with Crippen molar-refractivity contribution < 1.29 is 119 Å². The zero-order valence-corrected chi connectivity index (χ0v) is 18.1. The first kappa shape index (κ1) is 43.3. The van der Waals surface area contributed by atoms with Crippen LogP contribution in [0, 0.1) is 0 Å². The second-order valence-corrected chi connectivity index (χ2v) is 5.18. The number of hydrogen-bond acceptors (Lipinski definition) is 10. The minimum Gasteiger partial charge on any atom is -0.759 e. The minimum atomic E-state index is -5.17. The summed E-state index contributed by atoms with van der Waals surface area (Å²) in [6.07, 6.45) is 0. The van der Waals surface area contributed by atoms with Crippen molar-refractivity contribution in [2.24, 2.45) is 0 Å². The van der Waals surface area contributed by atoms with Crippen LogP contribution >= 0.6 is 0 Å². The van der Waals surface area contributed by atoms with Crippen molar-refractivity contribution in [1.29, 1.82) is 0 Å². The van der Waals surface area contributed by atoms with E-state index in [1.165, 1.54) is 0 Å². The predicted molar refractivity (Wildman–Crippen MR) is 52.4 cm³/mol. The second kappa shape index (κ2) is 19.7. The van der Waals surface area contributed by atoms with Crippen LogP contribution in [0.1, 0.15) is 0 Å². The van der Waals surface area contributed by atoms with E-state index in [-0.39, 0.29) is 81.8 Å². The Labute approximate surface area is 177 Å². The Hall–Kier alpha value is 1.62. The molecule has 0 N–H and O–H groups in total. The molecular weight excluding hydrogens is 423 g/mol. The second-order valence-electron chi connectivity index (χ2n) is 1.73. The maximum absolute atomic E-state index is 9.33. The van der Waals surface area contributed by atoms with Gasteiger partial charge in [0.05, 0.1) is 0 Å². The van der Waals surface area contributed by atoms with Crippen LogP contribution in [0.15, 0.2) is 24.0 Å². The van der Waals surface area contributed by atoms with Crippen molar-refractivity contribution in [3.8, 4) is 0 Å². The van der Waals surface area contributed by atoms with E-state index in [9.17, 15) is 25.9 Å². The fourth-order valence-electron chi connectivity index (χ4n) is 0. The summed E-state index contributed by atoms with van der Waals surface area (Å²) < 4.78 is 90.0. The van der Waals surface area contributed by atoms with Gasteiger partial charge in [-0.15, -0.1) is 0 Å². The van der Waals surface area contributed by atoms with Gasteiger partial charge < -0.3 is 18.2 Å². The smallest absolute Gasteiger partial charge is 0.759 e. The van der Waals surface area contributed by atoms with E-state index in [2.05, 4.69) is 13.2 Å². The quantitative estimate of drug-likeness (QED) is 0.229. The van der Waals surface area contributed by atoms with Crippen LogP contribution in [0.5, 0.6) is 0 Å². The normalized spacial score (nSPS) is 8.95. The van der Waals surface area contributed by atoms with Crippen molar-refractivity contribution in [2.45, 2.75) is 0 Å². The monoisotopic (exact) mass is 428 g/mol. The molecule has 0 atom stereocenters. The molecule has 0 saturated carbocycles. The standard InChI is InChI=1S/2C2H4O3S.N.2Na.Ni.H2O4S/c2*1-2-6(3,4)5;;;;;1-5(2,3)4/h2*2H,1H2,(H,3,4,5);;;;;(H2,1,2,3,4)/q;;;2*+1;+2;/p-4. The van der Waals surface area contributed by atoms with E-state index in [0.29, 0.717) is 10.8 Å². The van der Waals surface area contributed by atoms with Gasteiger partial charge in [0.15, 0.2) is 0 Å². The van der Waals surface area contributed by atoms with Gasteiger partial charge in [0, 0.05) is 27.4 Å². The molecule has 0 aromatic heterocycles. The maximum atomic E-state index is 9.33. The van der Waals surface area contributed by atoms with E-state index in [4.69, 9.17) is 17.5 Å². The molecule has 117 valence electrons. The van der Waals surface area contributed by atoms with Crippen LogP contribution in [0.2, 0.25) is 0 Å². The average Bonchev–Trinajstić information content (AvgIpc) is 2.00. The summed E-state index contributed by atoms with van der Waals surface area (Å²) in [5.74, 6) is 0. The third kappa shape index (κ3) is 143. The van der Waals surface area contributed by atoms with Gasteiger partial charge in [-0.2, -0.15) is 0 Å². The molecule has 17 heteroatoms. The van der Waals surface area contributed by atoms with Crippen LogP contribution < -0.4 is 65.3 Å². The van der Waals surface area contributed by atoms with Crippen LogP contribution in [-0.4, -0.2) is 43.5 Å². The summed E-state index contributed by atoms with van der Waals surface area (Å²) in [6.45, 7) is 5.46. The van der Waals surface area contributed by atoms with E-state index in [0.717, 1.165) is 0 Å². The van der Waals surface area contributed by atoms with Crippen LogP contribution in [0.4, 0.5) is 0 Å². The molecule has 0 aromatic rings. The first-order valence-corrected chi connectivity index (χ1v) is 7.23. The zero-order chi connectivity index (χ0) is 14.9. The third-order valence-corrected chi connectivity index (χ3v) is 1.22. The first-order valence-electron chi connectivity index (χ1n) is 2.95. The summed E-state index contributed by atoms with van der Waals surface area (Å²) in [4.78, 5) is 0. The Bertz CT molecular complexity index is 474. The molecule has 0 rings (SSSR count). The Kier molecular flexibility index (Phi) is 40.6. The first-order chi connectivity index (χ1) is 7.12. The molecule has 21 heavy (non-hydrogen) atoms. The number of rotatable bonds is 2. The SMILES string of the molecule is C=CS(=O)(=O)[O-].C=CS(=O)(=O)[O-].O=S(=O)([O-])[O-].[N].[Na+].[Na+].[Ni+2]. The average molecular weight is 429 g/mol. The molecule has 0 aliphatic heterocycles. The molecule has 0 unspecified atom stereocenters. The van der Waals surface area contributed by atoms with Crippen molar-refractivity contribution in [2.75, 3.05) is 0 Å². The maximum Gasteiger partial charge on any atom is 2.00 e. The van der Waals surface area contributed by atoms with Gasteiger partial charge in [-0.05, 0) is 0 Å². The van der Waals surface area contributed by atoms with E-state index >= 15 is 0 Å². The Morgan fingerprint density at radius 3 is 0.714 bits per heavy atom. The molecule has 0 spiro atoms. The molecule has 0 aromatic carbocycles. The minimum absolute atomic E-state index is 0. The van der Waals surface area contributed by atoms with Gasteiger partial charge in [0.25, 0.3) is 0 Å². The van der Waals surface area contributed by atoms with Gasteiger partial charge in [-0.25, -0.2) is 16.8 Å². The van der Waals surface area contributed by atoms with Crippen LogP contribution in [0.25, 0.3) is 0 Å². The summed E-state index contributed by atoms with van der Waals surface area (Å²) >= 11 is 0. The topological polar surface area (TPSA) is 225 Å². The van der Waals surface area contributed by atoms with Crippen LogP contribution in [0.3, 0.4) is 0 Å². The Morgan fingerprint density at radius 2 is 0.714 bits per heavy atom. The number of hydrogen-bond donors (Lipinski definition) is 0. The van der Waals surface area contributed by atoms with Crippen molar-refractivity contribution in [1.82, 2.24) is 6.15 Å². The molecule has 11 nitrogen and oxygen atoms in total. The fraction of sp³-hybridized carbons (Fsp3) is 0. The molecule has 0 saturated heterocycles. The molecule has 0 amide bonds. The van der Waals surface area contributed by atoms with Gasteiger partial charge in [0.1, 0.15) is 20.2 Å². The summed E-state index contributed by atoms with van der Waals surface area (Å²) in [7, 11) is -13.5. The molecular formula is C4H6NNa2NiO10S3. The Balaban J connectivity index is -0.0000000257. The van der Waals surface area contributed by atoms with Crippen molar-refractivity contribution in [3.05, 3.63) is 24.0 Å². The molecule has 0 heterocycles. The van der Waals surface area contributed by atoms with E-state index in [1.807, 2.05) is 0 Å².